The molecular weight excluding hydrogens is 633 g/mol. The number of ketones is 1. The fraction of sp³-hybridized carbons (Fsp3) is 0.293. The zero-order chi connectivity index (χ0) is 34.8. The molecule has 1 aliphatic carbocycles. The van der Waals surface area contributed by atoms with Crippen LogP contribution in [0, 0.1) is 11.7 Å². The lowest BCUT2D eigenvalue weighted by molar-refractivity contribution is -0.166. The Morgan fingerprint density at radius 3 is 1.84 bits per heavy atom. The van der Waals surface area contributed by atoms with E-state index in [0.29, 0.717) is 37.6 Å². The van der Waals surface area contributed by atoms with Crippen LogP contribution >= 0.6 is 0 Å². The van der Waals surface area contributed by atoms with Gasteiger partial charge < -0.3 is 19.3 Å². The molecule has 2 fully saturated rings. The van der Waals surface area contributed by atoms with E-state index in [4.69, 9.17) is 9.47 Å². The van der Waals surface area contributed by atoms with Crippen molar-refractivity contribution in [3.05, 3.63) is 143 Å². The molecule has 0 aromatic heterocycles. The van der Waals surface area contributed by atoms with Crippen LogP contribution in [-0.4, -0.2) is 68.2 Å². The highest BCUT2D eigenvalue weighted by molar-refractivity contribution is 6.14. The molecule has 1 unspecified atom stereocenters. The van der Waals surface area contributed by atoms with Crippen molar-refractivity contribution in [2.24, 2.45) is 5.92 Å². The standard InChI is InChI=1S/C41H40FN3O5/c1-28(2)39(47)49-27-50-40(48)34-26-45(32-18-19-32)36-25-37(35(42)24-33(36)38(34)46)43-20-22-44(23-21-43)41(29-12-6-3-7-13-29,30-14-8-4-9-15-30)31-16-10-5-11-17-31/h3-17,24-25,32,34H,1,18-23,26-27H2,2H3. The Bertz CT molecular complexity index is 1790. The number of carbonyl (C=O) groups excluding carboxylic acids is 3. The third kappa shape index (κ3) is 6.18. The Balaban J connectivity index is 1.16. The number of halogens is 1. The predicted molar refractivity (Wildman–Crippen MR) is 189 cm³/mol. The summed E-state index contributed by atoms with van der Waals surface area (Å²) in [5.41, 5.74) is 4.33. The smallest absolute Gasteiger partial charge is 0.335 e. The second kappa shape index (κ2) is 13.9. The molecule has 3 aliphatic rings. The molecule has 8 nitrogen and oxygen atoms in total. The SMILES string of the molecule is C=C(C)C(=O)OCOC(=O)C1CN(C2CC2)c2cc(N3CCN(C(c4ccccc4)(c4ccccc4)c4ccccc4)CC3)c(F)cc2C1=O. The molecule has 0 radical (unpaired) electrons. The van der Waals surface area contributed by atoms with Gasteiger partial charge in [0.15, 0.2) is 5.78 Å². The van der Waals surface area contributed by atoms with Crippen molar-refractivity contribution in [1.82, 2.24) is 4.90 Å². The van der Waals surface area contributed by atoms with E-state index in [2.05, 4.69) is 89.2 Å². The topological polar surface area (TPSA) is 79.4 Å². The normalized spacial score (nSPS) is 18.0. The second-order valence-electron chi connectivity index (χ2n) is 13.2. The van der Waals surface area contributed by atoms with Gasteiger partial charge in [-0.05, 0) is 48.6 Å². The van der Waals surface area contributed by atoms with Crippen LogP contribution in [0.2, 0.25) is 0 Å². The van der Waals surface area contributed by atoms with Crippen LogP contribution < -0.4 is 9.80 Å². The molecule has 4 aromatic rings. The number of nitrogens with zero attached hydrogens (tertiary/aromatic N) is 3. The molecule has 0 spiro atoms. The van der Waals surface area contributed by atoms with Gasteiger partial charge in [-0.1, -0.05) is 97.6 Å². The summed E-state index contributed by atoms with van der Waals surface area (Å²) in [6.07, 6.45) is 1.83. The van der Waals surface area contributed by atoms with E-state index < -0.39 is 41.8 Å². The molecule has 50 heavy (non-hydrogen) atoms. The summed E-state index contributed by atoms with van der Waals surface area (Å²) in [4.78, 5) is 44.9. The first-order chi connectivity index (χ1) is 24.3. The van der Waals surface area contributed by atoms with Gasteiger partial charge in [-0.15, -0.1) is 0 Å². The maximum Gasteiger partial charge on any atom is 0.335 e. The number of Topliss-reactive ketones (excluding diaryl/α,β-unsaturated/α-hetero) is 1. The molecule has 2 heterocycles. The second-order valence-corrected chi connectivity index (χ2v) is 13.2. The molecule has 9 heteroatoms. The molecule has 1 saturated carbocycles. The minimum Gasteiger partial charge on any atom is -0.427 e. The minimum absolute atomic E-state index is 0.121. The number of benzene rings is 4. The van der Waals surface area contributed by atoms with Gasteiger partial charge in [-0.3, -0.25) is 14.5 Å². The maximum absolute atomic E-state index is 16.1. The average Bonchev–Trinajstić information content (AvgIpc) is 3.99. The maximum atomic E-state index is 16.1. The van der Waals surface area contributed by atoms with E-state index in [1.165, 1.54) is 13.0 Å². The monoisotopic (exact) mass is 673 g/mol. The highest BCUT2D eigenvalue weighted by Gasteiger charge is 2.45. The average molecular weight is 674 g/mol. The summed E-state index contributed by atoms with van der Waals surface area (Å²) in [6, 6.07) is 34.8. The lowest BCUT2D eigenvalue weighted by Gasteiger charge is -2.49. The first-order valence-corrected chi connectivity index (χ1v) is 17.1. The van der Waals surface area contributed by atoms with E-state index in [0.717, 1.165) is 29.5 Å². The summed E-state index contributed by atoms with van der Waals surface area (Å²) in [5, 5.41) is 0. The predicted octanol–water partition coefficient (Wildman–Crippen LogP) is 6.34. The van der Waals surface area contributed by atoms with Gasteiger partial charge in [-0.25, -0.2) is 9.18 Å². The van der Waals surface area contributed by atoms with Crippen molar-refractivity contribution < 1.29 is 28.2 Å². The molecular formula is C41H40FN3O5. The van der Waals surface area contributed by atoms with E-state index in [9.17, 15) is 14.4 Å². The Hall–Kier alpha value is -5.28. The fourth-order valence-corrected chi connectivity index (χ4v) is 7.44. The molecule has 256 valence electrons. The summed E-state index contributed by atoms with van der Waals surface area (Å²) < 4.78 is 26.1. The van der Waals surface area contributed by atoms with Crippen LogP contribution in [-0.2, 0) is 24.6 Å². The highest BCUT2D eigenvalue weighted by Crippen LogP contribution is 2.45. The number of ether oxygens (including phenoxy) is 2. The first kappa shape index (κ1) is 33.2. The van der Waals surface area contributed by atoms with Gasteiger partial charge in [0.05, 0.1) is 16.9 Å². The van der Waals surface area contributed by atoms with E-state index in [1.54, 1.807) is 6.07 Å². The van der Waals surface area contributed by atoms with Gasteiger partial charge in [-0.2, -0.15) is 0 Å². The van der Waals surface area contributed by atoms with Gasteiger partial charge in [0.1, 0.15) is 11.7 Å². The van der Waals surface area contributed by atoms with Gasteiger partial charge in [0, 0.05) is 49.9 Å². The quantitative estimate of drug-likeness (QED) is 0.0635. The summed E-state index contributed by atoms with van der Waals surface area (Å²) in [7, 11) is 0. The molecule has 0 bridgehead atoms. The third-order valence-electron chi connectivity index (χ3n) is 10.0. The zero-order valence-electron chi connectivity index (χ0n) is 28.1. The van der Waals surface area contributed by atoms with Crippen LogP contribution in [0.25, 0.3) is 0 Å². The number of rotatable bonds is 10. The number of fused-ring (bicyclic) bond motifs is 1. The lowest BCUT2D eigenvalue weighted by Crippen LogP contribution is -2.56. The van der Waals surface area contributed by atoms with Crippen molar-refractivity contribution in [3.63, 3.8) is 0 Å². The van der Waals surface area contributed by atoms with E-state index in [-0.39, 0.29) is 23.7 Å². The van der Waals surface area contributed by atoms with Crippen molar-refractivity contribution in [2.45, 2.75) is 31.3 Å². The highest BCUT2D eigenvalue weighted by atomic mass is 19.1. The number of anilines is 2. The van der Waals surface area contributed by atoms with Crippen molar-refractivity contribution in [1.29, 1.82) is 0 Å². The van der Waals surface area contributed by atoms with Crippen LogP contribution in [0.4, 0.5) is 15.8 Å². The van der Waals surface area contributed by atoms with Crippen molar-refractivity contribution in [3.8, 4) is 0 Å². The zero-order valence-corrected chi connectivity index (χ0v) is 28.1. The molecule has 0 amide bonds. The Morgan fingerprint density at radius 2 is 1.34 bits per heavy atom. The summed E-state index contributed by atoms with van der Waals surface area (Å²) in [6.45, 7) is 6.93. The number of carbonyl (C=O) groups is 3. The molecule has 1 atom stereocenters. The summed E-state index contributed by atoms with van der Waals surface area (Å²) in [5.74, 6) is -3.66. The number of piperazine rings is 1. The molecule has 0 N–H and O–H groups in total. The van der Waals surface area contributed by atoms with Crippen LogP contribution in [0.1, 0.15) is 46.8 Å². The molecule has 7 rings (SSSR count). The van der Waals surface area contributed by atoms with Gasteiger partial charge in [0.2, 0.25) is 6.79 Å². The number of esters is 2. The first-order valence-electron chi connectivity index (χ1n) is 17.1. The molecule has 1 saturated heterocycles. The number of hydrogen-bond donors (Lipinski definition) is 0. The van der Waals surface area contributed by atoms with E-state index in [1.807, 2.05) is 23.1 Å². The van der Waals surface area contributed by atoms with Crippen LogP contribution in [0.15, 0.2) is 115 Å². The Morgan fingerprint density at radius 1 is 0.800 bits per heavy atom. The molecule has 2 aliphatic heterocycles. The fourth-order valence-electron chi connectivity index (χ4n) is 7.44. The minimum atomic E-state index is -1.15. The van der Waals surface area contributed by atoms with E-state index >= 15 is 4.39 Å². The van der Waals surface area contributed by atoms with Crippen molar-refractivity contribution in [2.75, 3.05) is 49.3 Å². The Labute approximate surface area is 291 Å². The summed E-state index contributed by atoms with van der Waals surface area (Å²) >= 11 is 0. The van der Waals surface area contributed by atoms with Crippen LogP contribution in [0.3, 0.4) is 0 Å². The van der Waals surface area contributed by atoms with Gasteiger partial charge in [0.25, 0.3) is 0 Å². The number of hydrogen-bond acceptors (Lipinski definition) is 8. The molecule has 4 aromatic carbocycles. The van der Waals surface area contributed by atoms with Crippen LogP contribution in [0.5, 0.6) is 0 Å². The largest absolute Gasteiger partial charge is 0.427 e. The van der Waals surface area contributed by atoms with Crippen molar-refractivity contribution >= 4 is 29.1 Å². The lowest BCUT2D eigenvalue weighted by atomic mass is 9.75. The Kier molecular flexibility index (Phi) is 9.25. The third-order valence-corrected chi connectivity index (χ3v) is 10.0. The van der Waals surface area contributed by atoms with Gasteiger partial charge >= 0.3 is 11.9 Å².